The van der Waals surface area contributed by atoms with Crippen LogP contribution in [-0.2, 0) is 4.79 Å². The molecule has 1 aromatic heterocycles. The molecule has 4 nitrogen and oxygen atoms in total. The number of hydrogen-bond acceptors (Lipinski definition) is 4. The van der Waals surface area contributed by atoms with Crippen molar-refractivity contribution in [2.45, 2.75) is 77.6 Å². The largest absolute Gasteiger partial charge is 0.423 e. The third kappa shape index (κ3) is 5.63. The van der Waals surface area contributed by atoms with Gasteiger partial charge in [-0.2, -0.15) is 0 Å². The highest BCUT2D eigenvalue weighted by Gasteiger charge is 2.21. The Kier molecular flexibility index (Phi) is 7.58. The van der Waals surface area contributed by atoms with E-state index < -0.39 is 0 Å². The van der Waals surface area contributed by atoms with Crippen LogP contribution in [0.4, 0.5) is 0 Å². The molecular weight excluding hydrogens is 348 g/mol. The summed E-state index contributed by atoms with van der Waals surface area (Å²) in [7, 11) is 0. The smallest absolute Gasteiger partial charge is 0.311 e. The minimum Gasteiger partial charge on any atom is -0.423 e. The zero-order chi connectivity index (χ0) is 19.8. The normalized spacial score (nSPS) is 19.4. The second kappa shape index (κ2) is 10.4. The van der Waals surface area contributed by atoms with E-state index in [0.29, 0.717) is 23.9 Å². The first-order chi connectivity index (χ1) is 13.7. The van der Waals surface area contributed by atoms with Crippen LogP contribution < -0.4 is 4.74 Å². The molecule has 0 bridgehead atoms. The molecule has 150 valence electrons. The van der Waals surface area contributed by atoms with Crippen molar-refractivity contribution in [1.29, 1.82) is 0 Å². The average molecular weight is 381 g/mol. The van der Waals surface area contributed by atoms with Gasteiger partial charge in [-0.3, -0.25) is 4.79 Å². The summed E-state index contributed by atoms with van der Waals surface area (Å²) in [6.07, 6.45) is 13.4. The average Bonchev–Trinajstić information content (AvgIpc) is 2.74. The van der Waals surface area contributed by atoms with Gasteiger partial charge in [-0.05, 0) is 49.5 Å². The van der Waals surface area contributed by atoms with Crippen molar-refractivity contribution in [3.05, 3.63) is 42.2 Å². The Hall–Kier alpha value is -2.23. The summed E-state index contributed by atoms with van der Waals surface area (Å²) in [5.74, 6) is 2.46. The van der Waals surface area contributed by atoms with Gasteiger partial charge in [-0.1, -0.05) is 57.4 Å². The number of rotatable bonds is 8. The fourth-order valence-electron chi connectivity index (χ4n) is 4.12. The van der Waals surface area contributed by atoms with Crippen LogP contribution in [0.5, 0.6) is 5.75 Å². The van der Waals surface area contributed by atoms with Gasteiger partial charge in [0.15, 0.2) is 11.6 Å². The molecule has 2 aromatic rings. The van der Waals surface area contributed by atoms with Gasteiger partial charge in [0.25, 0.3) is 0 Å². The summed E-state index contributed by atoms with van der Waals surface area (Å²) in [5.41, 5.74) is 2.42. The van der Waals surface area contributed by atoms with Gasteiger partial charge in [0, 0.05) is 12.0 Å². The first kappa shape index (κ1) is 20.5. The maximum atomic E-state index is 11.7. The van der Waals surface area contributed by atoms with Crippen molar-refractivity contribution >= 4 is 5.97 Å². The van der Waals surface area contributed by atoms with Crippen LogP contribution >= 0.6 is 0 Å². The number of ether oxygens (including phenoxy) is 1. The Morgan fingerprint density at radius 3 is 2.29 bits per heavy atom. The molecule has 0 saturated heterocycles. The fraction of sp³-hybridized carbons (Fsp3) is 0.542. The zero-order valence-electron chi connectivity index (χ0n) is 17.2. The molecule has 1 aromatic carbocycles. The van der Waals surface area contributed by atoms with Crippen molar-refractivity contribution < 1.29 is 9.53 Å². The van der Waals surface area contributed by atoms with Crippen molar-refractivity contribution in [2.75, 3.05) is 0 Å². The molecule has 0 unspecified atom stereocenters. The third-order valence-electron chi connectivity index (χ3n) is 5.78. The van der Waals surface area contributed by atoms with Gasteiger partial charge in [-0.15, -0.1) is 0 Å². The lowest BCUT2D eigenvalue weighted by Crippen LogP contribution is -2.13. The molecule has 1 fully saturated rings. The van der Waals surface area contributed by atoms with Gasteiger partial charge < -0.3 is 4.74 Å². The maximum Gasteiger partial charge on any atom is 0.311 e. The number of benzene rings is 1. The van der Waals surface area contributed by atoms with Crippen LogP contribution in [0.15, 0.2) is 36.7 Å². The van der Waals surface area contributed by atoms with Crippen LogP contribution in [-0.4, -0.2) is 15.9 Å². The van der Waals surface area contributed by atoms with Gasteiger partial charge in [-0.25, -0.2) is 9.97 Å². The van der Waals surface area contributed by atoms with E-state index in [9.17, 15) is 4.79 Å². The Morgan fingerprint density at radius 2 is 1.68 bits per heavy atom. The third-order valence-corrected chi connectivity index (χ3v) is 5.78. The topological polar surface area (TPSA) is 52.1 Å². The van der Waals surface area contributed by atoms with Crippen molar-refractivity contribution in [1.82, 2.24) is 9.97 Å². The summed E-state index contributed by atoms with van der Waals surface area (Å²) in [6.45, 7) is 4.34. The highest BCUT2D eigenvalue weighted by atomic mass is 16.5. The van der Waals surface area contributed by atoms with Crippen molar-refractivity contribution in [3.63, 3.8) is 0 Å². The molecule has 28 heavy (non-hydrogen) atoms. The molecular formula is C24H32N2O2. The lowest BCUT2D eigenvalue weighted by Gasteiger charge is -2.28. The second-order valence-corrected chi connectivity index (χ2v) is 7.95. The highest BCUT2D eigenvalue weighted by molar-refractivity contribution is 5.72. The Labute approximate surface area is 168 Å². The number of hydrogen-bond donors (Lipinski definition) is 0. The summed E-state index contributed by atoms with van der Waals surface area (Å²) in [4.78, 5) is 20.4. The first-order valence-electron chi connectivity index (χ1n) is 10.8. The van der Waals surface area contributed by atoms with Crippen molar-refractivity contribution in [3.8, 4) is 17.1 Å². The zero-order valence-corrected chi connectivity index (χ0v) is 17.2. The van der Waals surface area contributed by atoms with Gasteiger partial charge in [0.2, 0.25) is 0 Å². The highest BCUT2D eigenvalue weighted by Crippen LogP contribution is 2.37. The molecule has 0 spiro atoms. The van der Waals surface area contributed by atoms with Crippen LogP contribution in [0.25, 0.3) is 11.4 Å². The van der Waals surface area contributed by atoms with E-state index in [0.717, 1.165) is 24.3 Å². The lowest BCUT2D eigenvalue weighted by molar-refractivity contribution is -0.134. The molecule has 3 rings (SSSR count). The minimum atomic E-state index is -0.226. The van der Waals surface area contributed by atoms with E-state index in [-0.39, 0.29) is 5.97 Å². The Morgan fingerprint density at radius 1 is 1.00 bits per heavy atom. The first-order valence-corrected chi connectivity index (χ1v) is 10.8. The number of nitrogens with zero attached hydrogens (tertiary/aromatic N) is 2. The van der Waals surface area contributed by atoms with E-state index >= 15 is 0 Å². The summed E-state index contributed by atoms with van der Waals surface area (Å²) < 4.78 is 5.27. The molecule has 0 N–H and O–H groups in total. The molecule has 0 atom stereocenters. The van der Waals surface area contributed by atoms with E-state index in [4.69, 9.17) is 4.74 Å². The standard InChI is InChI=1S/C24H32N2O2/c1-3-5-7-23(27)28-22-16-25-24(26-17-22)21-14-12-20(13-15-21)19-10-8-18(6-4-2)9-11-19/h12-19H,3-11H2,1-2H3/t18-,19-. The Balaban J connectivity index is 1.57. The number of unbranched alkanes of at least 4 members (excludes halogenated alkanes) is 1. The van der Waals surface area contributed by atoms with Crippen molar-refractivity contribution in [2.24, 2.45) is 5.92 Å². The van der Waals surface area contributed by atoms with Crippen LogP contribution in [0.1, 0.15) is 83.1 Å². The number of carbonyl (C=O) groups excluding carboxylic acids is 1. The fourth-order valence-corrected chi connectivity index (χ4v) is 4.12. The molecule has 0 amide bonds. The Bertz CT molecular complexity index is 732. The number of aromatic nitrogens is 2. The lowest BCUT2D eigenvalue weighted by atomic mass is 9.77. The molecule has 0 radical (unpaired) electrons. The quantitative estimate of drug-likeness (QED) is 0.503. The SMILES string of the molecule is CCCCC(=O)Oc1cnc(-c2ccc([C@H]3CC[C@H](CCC)CC3)cc2)nc1. The molecule has 0 aliphatic heterocycles. The summed E-state index contributed by atoms with van der Waals surface area (Å²) in [5, 5.41) is 0. The van der Waals surface area contributed by atoms with Gasteiger partial charge >= 0.3 is 5.97 Å². The predicted octanol–water partition coefficient (Wildman–Crippen LogP) is 6.31. The van der Waals surface area contributed by atoms with Crippen LogP contribution in [0.3, 0.4) is 0 Å². The van der Waals surface area contributed by atoms with E-state index in [1.807, 2.05) is 6.92 Å². The van der Waals surface area contributed by atoms with E-state index in [1.54, 1.807) is 12.4 Å². The molecule has 1 aliphatic carbocycles. The van der Waals surface area contributed by atoms with E-state index in [1.165, 1.54) is 44.1 Å². The second-order valence-electron chi connectivity index (χ2n) is 7.95. The molecule has 4 heteroatoms. The molecule has 1 heterocycles. The van der Waals surface area contributed by atoms with E-state index in [2.05, 4.69) is 41.2 Å². The summed E-state index contributed by atoms with van der Waals surface area (Å²) >= 11 is 0. The van der Waals surface area contributed by atoms with Crippen LogP contribution in [0, 0.1) is 5.92 Å². The van der Waals surface area contributed by atoms with Gasteiger partial charge in [0.05, 0.1) is 12.4 Å². The molecule has 1 saturated carbocycles. The number of esters is 1. The molecule has 1 aliphatic rings. The van der Waals surface area contributed by atoms with Crippen LogP contribution in [0.2, 0.25) is 0 Å². The summed E-state index contributed by atoms with van der Waals surface area (Å²) in [6, 6.07) is 8.66. The predicted molar refractivity (Wildman–Crippen MR) is 112 cm³/mol. The number of carbonyl (C=O) groups is 1. The monoisotopic (exact) mass is 380 g/mol. The minimum absolute atomic E-state index is 0.226. The maximum absolute atomic E-state index is 11.7. The van der Waals surface area contributed by atoms with Gasteiger partial charge in [0.1, 0.15) is 0 Å².